The Bertz CT molecular complexity index is 569. The molecular formula is C18H24N2O. The number of imidazole rings is 1. The average Bonchev–Trinajstić information content (AvgIpc) is 2.89. The molecular weight excluding hydrogens is 260 g/mol. The molecule has 0 fully saturated rings. The quantitative estimate of drug-likeness (QED) is 0.740. The number of aryl methyl sites for hydroxylation is 3. The molecule has 0 aliphatic heterocycles. The number of nitrogens with zero attached hydrogens (tertiary/aromatic N) is 2. The van der Waals surface area contributed by atoms with Gasteiger partial charge < -0.3 is 4.57 Å². The second-order valence-electron chi connectivity index (χ2n) is 5.64. The molecule has 3 nitrogen and oxygen atoms in total. The lowest BCUT2D eigenvalue weighted by Gasteiger charge is -2.07. The molecule has 0 saturated carbocycles. The van der Waals surface area contributed by atoms with Crippen LogP contribution in [0.25, 0.3) is 0 Å². The molecule has 0 atom stereocenters. The first kappa shape index (κ1) is 15.5. The van der Waals surface area contributed by atoms with Crippen molar-refractivity contribution in [1.82, 2.24) is 9.55 Å². The molecule has 0 unspecified atom stereocenters. The Balaban J connectivity index is 1.77. The number of rotatable bonds is 8. The fourth-order valence-electron chi connectivity index (χ4n) is 2.47. The Labute approximate surface area is 127 Å². The van der Waals surface area contributed by atoms with Gasteiger partial charge in [0.15, 0.2) is 5.78 Å². The van der Waals surface area contributed by atoms with Crippen LogP contribution in [-0.2, 0) is 24.2 Å². The van der Waals surface area contributed by atoms with E-state index >= 15 is 0 Å². The molecule has 0 aliphatic rings. The fraction of sp³-hybridized carbons (Fsp3) is 0.444. The summed E-state index contributed by atoms with van der Waals surface area (Å²) in [5, 5.41) is 0. The highest BCUT2D eigenvalue weighted by molar-refractivity contribution is 5.78. The van der Waals surface area contributed by atoms with Crippen LogP contribution in [0.5, 0.6) is 0 Å². The highest BCUT2D eigenvalue weighted by Crippen LogP contribution is 2.09. The molecule has 112 valence electrons. The first-order valence-electron chi connectivity index (χ1n) is 7.75. The smallest absolute Gasteiger partial charge is 0.152 e. The highest BCUT2D eigenvalue weighted by atomic mass is 16.1. The Morgan fingerprint density at radius 2 is 1.95 bits per heavy atom. The van der Waals surface area contributed by atoms with E-state index in [0.29, 0.717) is 13.0 Å². The van der Waals surface area contributed by atoms with Crippen molar-refractivity contribution in [2.24, 2.45) is 0 Å². The molecule has 0 amide bonds. The largest absolute Gasteiger partial charge is 0.327 e. The van der Waals surface area contributed by atoms with Crippen molar-refractivity contribution in [2.45, 2.75) is 52.5 Å². The van der Waals surface area contributed by atoms with Gasteiger partial charge in [0.1, 0.15) is 0 Å². The average molecular weight is 284 g/mol. The van der Waals surface area contributed by atoms with Gasteiger partial charge in [0.25, 0.3) is 0 Å². The summed E-state index contributed by atoms with van der Waals surface area (Å²) in [6.07, 6.45) is 8.21. The molecule has 0 N–H and O–H groups in total. The third-order valence-electron chi connectivity index (χ3n) is 3.69. The van der Waals surface area contributed by atoms with Crippen LogP contribution in [0.4, 0.5) is 0 Å². The van der Waals surface area contributed by atoms with E-state index in [-0.39, 0.29) is 5.78 Å². The summed E-state index contributed by atoms with van der Waals surface area (Å²) in [5.41, 5.74) is 3.74. The number of carbonyl (C=O) groups excluding carboxylic acids is 1. The second kappa shape index (κ2) is 7.77. The van der Waals surface area contributed by atoms with Crippen LogP contribution in [-0.4, -0.2) is 15.3 Å². The molecule has 1 aromatic carbocycles. The lowest BCUT2D eigenvalue weighted by atomic mass is 10.1. The van der Waals surface area contributed by atoms with E-state index in [4.69, 9.17) is 0 Å². The number of hydrogen-bond acceptors (Lipinski definition) is 2. The molecule has 21 heavy (non-hydrogen) atoms. The minimum absolute atomic E-state index is 0.289. The van der Waals surface area contributed by atoms with E-state index in [1.807, 2.05) is 10.8 Å². The Hall–Kier alpha value is -1.90. The van der Waals surface area contributed by atoms with Crippen LogP contribution in [0.3, 0.4) is 0 Å². The summed E-state index contributed by atoms with van der Waals surface area (Å²) in [5.74, 6) is 0.289. The molecule has 0 radical (unpaired) electrons. The summed E-state index contributed by atoms with van der Waals surface area (Å²) in [6, 6.07) is 8.55. The maximum atomic E-state index is 12.1. The van der Waals surface area contributed by atoms with E-state index in [9.17, 15) is 4.79 Å². The second-order valence-corrected chi connectivity index (χ2v) is 5.64. The van der Waals surface area contributed by atoms with Crippen molar-refractivity contribution in [3.05, 3.63) is 53.6 Å². The van der Waals surface area contributed by atoms with E-state index < -0.39 is 0 Å². The number of aromatic nitrogens is 2. The van der Waals surface area contributed by atoms with Gasteiger partial charge in [-0.3, -0.25) is 4.79 Å². The van der Waals surface area contributed by atoms with Crippen molar-refractivity contribution in [3.8, 4) is 0 Å². The topological polar surface area (TPSA) is 34.9 Å². The van der Waals surface area contributed by atoms with Gasteiger partial charge in [0, 0.05) is 18.3 Å². The number of benzene rings is 1. The highest BCUT2D eigenvalue weighted by Gasteiger charge is 2.07. The Morgan fingerprint density at radius 3 is 2.67 bits per heavy atom. The molecule has 0 spiro atoms. The summed E-state index contributed by atoms with van der Waals surface area (Å²) in [6.45, 7) is 4.69. The zero-order valence-electron chi connectivity index (χ0n) is 13.0. The van der Waals surface area contributed by atoms with E-state index in [2.05, 4.69) is 43.1 Å². The number of carbonyl (C=O) groups is 1. The third-order valence-corrected chi connectivity index (χ3v) is 3.69. The van der Waals surface area contributed by atoms with Crippen molar-refractivity contribution in [2.75, 3.05) is 0 Å². The Morgan fingerprint density at radius 1 is 1.19 bits per heavy atom. The van der Waals surface area contributed by atoms with Crippen LogP contribution in [0.15, 0.2) is 36.8 Å². The molecule has 1 heterocycles. The van der Waals surface area contributed by atoms with Crippen molar-refractivity contribution < 1.29 is 4.79 Å². The zero-order valence-corrected chi connectivity index (χ0v) is 13.0. The summed E-state index contributed by atoms with van der Waals surface area (Å²) < 4.78 is 1.98. The molecule has 2 aromatic rings. The molecule has 0 aliphatic carbocycles. The van der Waals surface area contributed by atoms with Crippen molar-refractivity contribution in [1.29, 1.82) is 0 Å². The van der Waals surface area contributed by atoms with Gasteiger partial charge in [-0.05, 0) is 31.7 Å². The molecule has 1 aromatic heterocycles. The van der Waals surface area contributed by atoms with Crippen LogP contribution in [0.1, 0.15) is 43.0 Å². The van der Waals surface area contributed by atoms with E-state index in [1.54, 1.807) is 6.33 Å². The van der Waals surface area contributed by atoms with Crippen molar-refractivity contribution in [3.63, 3.8) is 0 Å². The first-order valence-corrected chi connectivity index (χ1v) is 7.75. The maximum Gasteiger partial charge on any atom is 0.152 e. The number of ketones is 1. The molecule has 0 saturated heterocycles. The van der Waals surface area contributed by atoms with Crippen LogP contribution >= 0.6 is 0 Å². The van der Waals surface area contributed by atoms with Gasteiger partial charge in [-0.15, -0.1) is 0 Å². The van der Waals surface area contributed by atoms with Gasteiger partial charge in [-0.25, -0.2) is 4.98 Å². The minimum Gasteiger partial charge on any atom is -0.327 e. The SMILES string of the molecule is CCCc1cncn1CC(=O)CCCc1ccc(C)cc1. The normalized spacial score (nSPS) is 10.8. The monoisotopic (exact) mass is 284 g/mol. The third kappa shape index (κ3) is 4.85. The van der Waals surface area contributed by atoms with Gasteiger partial charge in [0.05, 0.1) is 12.9 Å². The van der Waals surface area contributed by atoms with Gasteiger partial charge in [0.2, 0.25) is 0 Å². The van der Waals surface area contributed by atoms with Gasteiger partial charge in [-0.2, -0.15) is 0 Å². The van der Waals surface area contributed by atoms with E-state index in [0.717, 1.165) is 31.4 Å². The zero-order chi connectivity index (χ0) is 15.1. The number of Topliss-reactive ketones (excluding diaryl/α,β-unsaturated/α-hetero) is 1. The standard InChI is InChI=1S/C18H24N2O/c1-3-5-17-12-19-14-20(17)13-18(21)7-4-6-16-10-8-15(2)9-11-16/h8-12,14H,3-7,13H2,1-2H3. The van der Waals surface area contributed by atoms with Gasteiger partial charge in [-0.1, -0.05) is 43.2 Å². The molecule has 3 heteroatoms. The predicted octanol–water partition coefficient (Wildman–Crippen LogP) is 3.74. The number of hydrogen-bond donors (Lipinski definition) is 0. The molecule has 2 rings (SSSR count). The van der Waals surface area contributed by atoms with Crippen LogP contribution in [0, 0.1) is 6.92 Å². The van der Waals surface area contributed by atoms with Crippen LogP contribution in [0.2, 0.25) is 0 Å². The maximum absolute atomic E-state index is 12.1. The molecule has 0 bridgehead atoms. The Kier molecular flexibility index (Phi) is 5.73. The summed E-state index contributed by atoms with van der Waals surface area (Å²) >= 11 is 0. The summed E-state index contributed by atoms with van der Waals surface area (Å²) in [7, 11) is 0. The van der Waals surface area contributed by atoms with Crippen molar-refractivity contribution >= 4 is 5.78 Å². The lowest BCUT2D eigenvalue weighted by molar-refractivity contribution is -0.119. The fourth-order valence-corrected chi connectivity index (χ4v) is 2.47. The van der Waals surface area contributed by atoms with Crippen LogP contribution < -0.4 is 0 Å². The lowest BCUT2D eigenvalue weighted by Crippen LogP contribution is -2.11. The predicted molar refractivity (Wildman–Crippen MR) is 85.3 cm³/mol. The van der Waals surface area contributed by atoms with E-state index in [1.165, 1.54) is 11.1 Å². The first-order chi connectivity index (χ1) is 10.2. The summed E-state index contributed by atoms with van der Waals surface area (Å²) in [4.78, 5) is 16.2. The minimum atomic E-state index is 0.289. The van der Waals surface area contributed by atoms with Gasteiger partial charge >= 0.3 is 0 Å².